The first-order valence-corrected chi connectivity index (χ1v) is 9.94. The van der Waals surface area contributed by atoms with Crippen LogP contribution in [0.1, 0.15) is 11.1 Å². The van der Waals surface area contributed by atoms with Crippen molar-refractivity contribution in [3.05, 3.63) is 113 Å². The number of hydrogen-bond donors (Lipinski definition) is 0. The minimum Gasteiger partial charge on any atom is -0.429 e. The van der Waals surface area contributed by atoms with Crippen molar-refractivity contribution in [1.29, 1.82) is 0 Å². The van der Waals surface area contributed by atoms with Crippen LogP contribution >= 0.6 is 0 Å². The fourth-order valence-corrected chi connectivity index (χ4v) is 3.38. The van der Waals surface area contributed by atoms with Gasteiger partial charge in [-0.15, -0.1) is 0 Å². The molecule has 0 N–H and O–H groups in total. The summed E-state index contributed by atoms with van der Waals surface area (Å²) in [7, 11) is 0. The zero-order valence-electron chi connectivity index (χ0n) is 17.5. The normalized spacial score (nSPS) is 11.5. The maximum atomic E-state index is 14.7. The van der Waals surface area contributed by atoms with Crippen LogP contribution in [0.5, 0.6) is 5.75 Å². The molecule has 0 aliphatic heterocycles. The van der Waals surface area contributed by atoms with Crippen LogP contribution < -0.4 is 4.74 Å². The van der Waals surface area contributed by atoms with Gasteiger partial charge in [-0.25, -0.2) is 22.0 Å². The minimum atomic E-state index is -3.88. The lowest BCUT2D eigenvalue weighted by molar-refractivity contribution is -0.185. The molecule has 0 aliphatic carbocycles. The highest BCUT2D eigenvalue weighted by atomic mass is 19.3. The molecule has 0 aromatic heterocycles. The number of benzene rings is 4. The van der Waals surface area contributed by atoms with Gasteiger partial charge < -0.3 is 4.74 Å². The van der Waals surface area contributed by atoms with Crippen molar-refractivity contribution < 1.29 is 35.5 Å². The molecule has 174 valence electrons. The Morgan fingerprint density at radius 3 is 1.88 bits per heavy atom. The standard InChI is InChI=1S/C26H15F7O/c1-14-2-9-20(25(31)24(14)30)15-3-6-17(7-4-15)26(32,33)34-18-8-10-19(22(28)13-18)16-5-11-21(27)23(29)12-16/h2-13H,1H3. The van der Waals surface area contributed by atoms with Gasteiger partial charge >= 0.3 is 6.11 Å². The Morgan fingerprint density at radius 2 is 1.24 bits per heavy atom. The first-order chi connectivity index (χ1) is 16.1. The third-order valence-corrected chi connectivity index (χ3v) is 5.22. The monoisotopic (exact) mass is 476 g/mol. The van der Waals surface area contributed by atoms with Crippen LogP contribution in [0.15, 0.2) is 72.8 Å². The van der Waals surface area contributed by atoms with E-state index in [1.807, 2.05) is 0 Å². The quantitative estimate of drug-likeness (QED) is 0.264. The van der Waals surface area contributed by atoms with Crippen molar-refractivity contribution in [3.63, 3.8) is 0 Å². The van der Waals surface area contributed by atoms with Crippen LogP contribution in [0.4, 0.5) is 30.7 Å². The van der Waals surface area contributed by atoms with E-state index in [9.17, 15) is 30.7 Å². The number of ether oxygens (including phenoxy) is 1. The summed E-state index contributed by atoms with van der Waals surface area (Å²) >= 11 is 0. The predicted octanol–water partition coefficient (Wildman–Crippen LogP) is 8.15. The predicted molar refractivity (Wildman–Crippen MR) is 113 cm³/mol. The summed E-state index contributed by atoms with van der Waals surface area (Å²) in [6.07, 6.45) is -3.88. The number of rotatable bonds is 5. The molecule has 0 aliphatic rings. The topological polar surface area (TPSA) is 9.23 Å². The fraction of sp³-hybridized carbons (Fsp3) is 0.0769. The first kappa shape index (κ1) is 23.4. The van der Waals surface area contributed by atoms with E-state index in [2.05, 4.69) is 4.74 Å². The summed E-state index contributed by atoms with van der Waals surface area (Å²) in [5, 5.41) is 0. The van der Waals surface area contributed by atoms with E-state index in [4.69, 9.17) is 0 Å². The van der Waals surface area contributed by atoms with Gasteiger partial charge in [0, 0.05) is 17.2 Å². The molecule has 1 nitrogen and oxygen atoms in total. The zero-order valence-corrected chi connectivity index (χ0v) is 17.5. The Kier molecular flexibility index (Phi) is 6.08. The van der Waals surface area contributed by atoms with Crippen molar-refractivity contribution in [3.8, 4) is 28.0 Å². The molecule has 0 heterocycles. The summed E-state index contributed by atoms with van der Waals surface area (Å²) in [5.74, 6) is -5.89. The molecule has 4 aromatic carbocycles. The van der Waals surface area contributed by atoms with Crippen LogP contribution in [-0.4, -0.2) is 0 Å². The summed E-state index contributed by atoms with van der Waals surface area (Å²) in [5.41, 5.74) is -0.516. The molecule has 0 atom stereocenters. The van der Waals surface area contributed by atoms with Crippen LogP contribution in [0.3, 0.4) is 0 Å². The Balaban J connectivity index is 1.56. The van der Waals surface area contributed by atoms with E-state index in [0.717, 1.165) is 42.5 Å². The lowest BCUT2D eigenvalue weighted by Gasteiger charge is -2.19. The van der Waals surface area contributed by atoms with E-state index in [1.165, 1.54) is 31.2 Å². The average Bonchev–Trinajstić information content (AvgIpc) is 2.79. The molecule has 0 radical (unpaired) electrons. The molecule has 8 heteroatoms. The van der Waals surface area contributed by atoms with Gasteiger partial charge in [0.2, 0.25) is 0 Å². The summed E-state index contributed by atoms with van der Waals surface area (Å²) < 4.78 is 103. The maximum absolute atomic E-state index is 14.7. The van der Waals surface area contributed by atoms with E-state index in [-0.39, 0.29) is 27.8 Å². The Hall–Kier alpha value is -3.81. The van der Waals surface area contributed by atoms with Crippen LogP contribution in [0.25, 0.3) is 22.3 Å². The molecule has 0 unspecified atom stereocenters. The second kappa shape index (κ2) is 8.85. The maximum Gasteiger partial charge on any atom is 0.426 e. The van der Waals surface area contributed by atoms with Gasteiger partial charge in [0.05, 0.1) is 5.56 Å². The van der Waals surface area contributed by atoms with Crippen molar-refractivity contribution in [2.24, 2.45) is 0 Å². The van der Waals surface area contributed by atoms with Gasteiger partial charge in [-0.1, -0.05) is 30.3 Å². The number of alkyl halides is 2. The Labute approximate surface area is 190 Å². The van der Waals surface area contributed by atoms with Crippen LogP contribution in [0.2, 0.25) is 0 Å². The SMILES string of the molecule is Cc1ccc(-c2ccc(C(F)(F)Oc3ccc(-c4ccc(F)c(F)c4)c(F)c3)cc2)c(F)c1F. The number of aryl methyl sites for hydroxylation is 1. The van der Waals surface area contributed by atoms with Gasteiger partial charge in [0.25, 0.3) is 0 Å². The first-order valence-electron chi connectivity index (χ1n) is 9.94. The zero-order chi connectivity index (χ0) is 24.6. The van der Waals surface area contributed by atoms with Crippen molar-refractivity contribution in [2.45, 2.75) is 13.0 Å². The van der Waals surface area contributed by atoms with Gasteiger partial charge in [-0.2, -0.15) is 8.78 Å². The average molecular weight is 476 g/mol. The van der Waals surface area contributed by atoms with Crippen molar-refractivity contribution in [1.82, 2.24) is 0 Å². The highest BCUT2D eigenvalue weighted by Crippen LogP contribution is 2.35. The molecular weight excluding hydrogens is 461 g/mol. The van der Waals surface area contributed by atoms with Crippen LogP contribution in [0, 0.1) is 36.0 Å². The highest BCUT2D eigenvalue weighted by molar-refractivity contribution is 5.66. The molecule has 34 heavy (non-hydrogen) atoms. The van der Waals surface area contributed by atoms with E-state index in [0.29, 0.717) is 6.07 Å². The fourth-order valence-electron chi connectivity index (χ4n) is 3.38. The van der Waals surface area contributed by atoms with Gasteiger partial charge in [-0.05, 0) is 60.0 Å². The number of hydrogen-bond acceptors (Lipinski definition) is 1. The van der Waals surface area contributed by atoms with Crippen molar-refractivity contribution >= 4 is 0 Å². The summed E-state index contributed by atoms with van der Waals surface area (Å²) in [6.45, 7) is 1.40. The molecule has 0 amide bonds. The molecular formula is C26H15F7O. The van der Waals surface area contributed by atoms with Crippen LogP contribution in [-0.2, 0) is 6.11 Å². The molecule has 0 spiro atoms. The molecule has 4 rings (SSSR count). The molecule has 0 saturated heterocycles. The third-order valence-electron chi connectivity index (χ3n) is 5.22. The smallest absolute Gasteiger partial charge is 0.426 e. The molecule has 0 fully saturated rings. The second-order valence-corrected chi connectivity index (χ2v) is 7.52. The third kappa shape index (κ3) is 4.48. The van der Waals surface area contributed by atoms with Gasteiger partial charge in [0.15, 0.2) is 23.3 Å². The van der Waals surface area contributed by atoms with E-state index in [1.54, 1.807) is 0 Å². The second-order valence-electron chi connectivity index (χ2n) is 7.52. The van der Waals surface area contributed by atoms with E-state index >= 15 is 0 Å². The van der Waals surface area contributed by atoms with Crippen molar-refractivity contribution in [2.75, 3.05) is 0 Å². The highest BCUT2D eigenvalue weighted by Gasteiger charge is 2.35. The number of halogens is 7. The molecule has 0 bridgehead atoms. The largest absolute Gasteiger partial charge is 0.429 e. The van der Waals surface area contributed by atoms with Gasteiger partial charge in [-0.3, -0.25) is 0 Å². The lowest BCUT2D eigenvalue weighted by Crippen LogP contribution is -2.21. The molecule has 4 aromatic rings. The lowest BCUT2D eigenvalue weighted by atomic mass is 10.0. The Bertz CT molecular complexity index is 1360. The Morgan fingerprint density at radius 1 is 0.588 bits per heavy atom. The summed E-state index contributed by atoms with van der Waals surface area (Å²) in [6, 6.07) is 12.7. The molecule has 0 saturated carbocycles. The van der Waals surface area contributed by atoms with E-state index < -0.39 is 46.5 Å². The minimum absolute atomic E-state index is 0.0186. The van der Waals surface area contributed by atoms with Gasteiger partial charge in [0.1, 0.15) is 11.6 Å². The summed E-state index contributed by atoms with van der Waals surface area (Å²) in [4.78, 5) is 0.